The zero-order valence-corrected chi connectivity index (χ0v) is 21.2. The molecule has 0 atom stereocenters. The van der Waals surface area contributed by atoms with Gasteiger partial charge in [-0.1, -0.05) is 95.2 Å². The second kappa shape index (κ2) is 6.55. The van der Waals surface area contributed by atoms with Gasteiger partial charge in [0.2, 0.25) is 0 Å². The molecule has 0 saturated carbocycles. The van der Waals surface area contributed by atoms with Gasteiger partial charge in [-0.25, -0.2) is 0 Å². The largest absolute Gasteiger partial charge is 0.289 e. The summed E-state index contributed by atoms with van der Waals surface area (Å²) in [6.07, 6.45) is 0. The topological polar surface area (TPSA) is 17.1 Å². The predicted molar refractivity (Wildman–Crippen MR) is 130 cm³/mol. The molecule has 0 N–H and O–H groups in total. The van der Waals surface area contributed by atoms with Gasteiger partial charge in [-0.15, -0.1) is 0 Å². The van der Waals surface area contributed by atoms with Crippen molar-refractivity contribution in [3.63, 3.8) is 0 Å². The maximum atomic E-state index is 13.9. The van der Waals surface area contributed by atoms with Crippen LogP contribution < -0.4 is 0 Å². The average Bonchev–Trinajstić information content (AvgIpc) is 2.83. The van der Waals surface area contributed by atoms with E-state index in [1.54, 1.807) is 0 Å². The van der Waals surface area contributed by atoms with Crippen LogP contribution in [-0.2, 0) is 21.7 Å². The first-order chi connectivity index (χ1) is 13.3. The number of ketones is 1. The minimum atomic E-state index is -0.0994. The van der Waals surface area contributed by atoms with Crippen LogP contribution in [0.4, 0.5) is 0 Å². The van der Waals surface area contributed by atoms with Crippen LogP contribution in [0.2, 0.25) is 0 Å². The van der Waals surface area contributed by atoms with Crippen molar-refractivity contribution in [3.05, 3.63) is 57.6 Å². The standard InChI is InChI=1S/C29H40O/c1-26(2,3)17-13-19-20-14-18(27(4,5)6)16-22(29(10,11)12)24(20)25(30)23(19)21(15-17)28(7,8)9/h13-16H,1-12H3. The van der Waals surface area contributed by atoms with Crippen molar-refractivity contribution in [3.8, 4) is 11.1 Å². The lowest BCUT2D eigenvalue weighted by atomic mass is 9.76. The lowest BCUT2D eigenvalue weighted by Crippen LogP contribution is -2.21. The Labute approximate surface area is 184 Å². The van der Waals surface area contributed by atoms with Gasteiger partial charge in [-0.2, -0.15) is 0 Å². The van der Waals surface area contributed by atoms with Crippen LogP contribution in [0.1, 0.15) is 121 Å². The highest BCUT2D eigenvalue weighted by molar-refractivity contribution is 6.23. The number of fused-ring (bicyclic) bond motifs is 3. The van der Waals surface area contributed by atoms with Gasteiger partial charge in [0, 0.05) is 11.1 Å². The van der Waals surface area contributed by atoms with Crippen molar-refractivity contribution in [1.29, 1.82) is 0 Å². The minimum Gasteiger partial charge on any atom is -0.289 e. The summed E-state index contributed by atoms with van der Waals surface area (Å²) < 4.78 is 0. The molecule has 162 valence electrons. The summed E-state index contributed by atoms with van der Waals surface area (Å²) in [5.74, 6) is 0.204. The van der Waals surface area contributed by atoms with Crippen LogP contribution in [0.25, 0.3) is 11.1 Å². The second-order valence-electron chi connectivity index (χ2n) is 13.2. The van der Waals surface area contributed by atoms with Crippen molar-refractivity contribution in [2.45, 2.75) is 105 Å². The monoisotopic (exact) mass is 404 g/mol. The van der Waals surface area contributed by atoms with Crippen LogP contribution in [0.15, 0.2) is 24.3 Å². The maximum absolute atomic E-state index is 13.9. The molecule has 0 heterocycles. The molecule has 2 aromatic carbocycles. The molecule has 0 bridgehead atoms. The fourth-order valence-corrected chi connectivity index (χ4v) is 4.37. The summed E-state index contributed by atoms with van der Waals surface area (Å²) in [5, 5.41) is 0. The molecular weight excluding hydrogens is 364 g/mol. The maximum Gasteiger partial charge on any atom is 0.194 e. The van der Waals surface area contributed by atoms with E-state index in [0.717, 1.165) is 22.3 Å². The summed E-state index contributed by atoms with van der Waals surface area (Å²) in [6.45, 7) is 26.8. The molecule has 3 rings (SSSR count). The normalized spacial score (nSPS) is 14.7. The van der Waals surface area contributed by atoms with Gasteiger partial charge in [-0.05, 0) is 67.2 Å². The van der Waals surface area contributed by atoms with E-state index in [-0.39, 0.29) is 27.4 Å². The Kier molecular flexibility index (Phi) is 4.98. The van der Waals surface area contributed by atoms with Crippen LogP contribution in [0.5, 0.6) is 0 Å². The molecule has 1 heteroatoms. The molecule has 0 aromatic heterocycles. The third kappa shape index (κ3) is 3.77. The predicted octanol–water partition coefficient (Wildman–Crippen LogP) is 8.09. The van der Waals surface area contributed by atoms with Crippen molar-refractivity contribution in [2.24, 2.45) is 0 Å². The average molecular weight is 405 g/mol. The molecule has 0 aliphatic heterocycles. The van der Waals surface area contributed by atoms with Crippen LogP contribution >= 0.6 is 0 Å². The Hall–Kier alpha value is -1.89. The Morgan fingerprint density at radius 2 is 0.767 bits per heavy atom. The molecule has 1 aliphatic rings. The molecule has 0 amide bonds. The summed E-state index contributed by atoms with van der Waals surface area (Å²) in [7, 11) is 0. The number of carbonyl (C=O) groups excluding carboxylic acids is 1. The quantitative estimate of drug-likeness (QED) is 0.370. The van der Waals surface area contributed by atoms with E-state index >= 15 is 0 Å². The number of carbonyl (C=O) groups is 1. The third-order valence-electron chi connectivity index (χ3n) is 6.37. The van der Waals surface area contributed by atoms with Crippen molar-refractivity contribution >= 4 is 5.78 Å². The van der Waals surface area contributed by atoms with E-state index < -0.39 is 0 Å². The Morgan fingerprint density at radius 1 is 0.467 bits per heavy atom. The smallest absolute Gasteiger partial charge is 0.194 e. The number of benzene rings is 2. The number of hydrogen-bond acceptors (Lipinski definition) is 1. The first-order valence-corrected chi connectivity index (χ1v) is 11.3. The van der Waals surface area contributed by atoms with E-state index in [9.17, 15) is 4.79 Å². The lowest BCUT2D eigenvalue weighted by molar-refractivity contribution is 0.103. The van der Waals surface area contributed by atoms with Crippen LogP contribution in [0.3, 0.4) is 0 Å². The highest BCUT2D eigenvalue weighted by atomic mass is 16.1. The van der Waals surface area contributed by atoms with Crippen molar-refractivity contribution < 1.29 is 4.79 Å². The van der Waals surface area contributed by atoms with E-state index in [2.05, 4.69) is 107 Å². The third-order valence-corrected chi connectivity index (χ3v) is 6.37. The van der Waals surface area contributed by atoms with Gasteiger partial charge in [-0.3, -0.25) is 4.79 Å². The summed E-state index contributed by atoms with van der Waals surface area (Å²) >= 11 is 0. The molecule has 0 fully saturated rings. The Morgan fingerprint density at radius 3 is 1.00 bits per heavy atom. The van der Waals surface area contributed by atoms with Crippen LogP contribution in [0, 0.1) is 0 Å². The highest BCUT2D eigenvalue weighted by Gasteiger charge is 2.38. The molecule has 0 radical (unpaired) electrons. The van der Waals surface area contributed by atoms with Crippen LogP contribution in [-0.4, -0.2) is 5.78 Å². The van der Waals surface area contributed by atoms with Gasteiger partial charge in [0.25, 0.3) is 0 Å². The van der Waals surface area contributed by atoms with Gasteiger partial charge < -0.3 is 0 Å². The Balaban J connectivity index is 2.50. The molecule has 30 heavy (non-hydrogen) atoms. The summed E-state index contributed by atoms with van der Waals surface area (Å²) in [6, 6.07) is 9.13. The first-order valence-electron chi connectivity index (χ1n) is 11.3. The summed E-state index contributed by atoms with van der Waals surface area (Å²) in [4.78, 5) is 13.9. The Bertz CT molecular complexity index is 939. The molecular formula is C29H40O. The van der Waals surface area contributed by atoms with Crippen molar-refractivity contribution in [2.75, 3.05) is 0 Å². The second-order valence-corrected chi connectivity index (χ2v) is 13.2. The zero-order chi connectivity index (χ0) is 23.0. The SMILES string of the molecule is CC(C)(C)c1cc2c(c(C(C)(C)C)c1)C(=O)c1c-2cc(C(C)(C)C)cc1C(C)(C)C. The molecule has 0 spiro atoms. The molecule has 1 aliphatic carbocycles. The van der Waals surface area contributed by atoms with E-state index in [4.69, 9.17) is 0 Å². The van der Waals surface area contributed by atoms with Crippen molar-refractivity contribution in [1.82, 2.24) is 0 Å². The van der Waals surface area contributed by atoms with Gasteiger partial charge in [0.15, 0.2) is 5.78 Å². The first kappa shape index (κ1) is 22.8. The molecule has 0 saturated heterocycles. The molecule has 2 aromatic rings. The van der Waals surface area contributed by atoms with Gasteiger partial charge in [0.1, 0.15) is 0 Å². The fourth-order valence-electron chi connectivity index (χ4n) is 4.37. The molecule has 1 nitrogen and oxygen atoms in total. The van der Waals surface area contributed by atoms with Gasteiger partial charge in [0.05, 0.1) is 0 Å². The van der Waals surface area contributed by atoms with E-state index in [1.165, 1.54) is 22.3 Å². The minimum absolute atomic E-state index is 0.0231. The van der Waals surface area contributed by atoms with E-state index in [0.29, 0.717) is 0 Å². The number of hydrogen-bond donors (Lipinski definition) is 0. The number of rotatable bonds is 0. The zero-order valence-electron chi connectivity index (χ0n) is 21.2. The molecule has 0 unspecified atom stereocenters. The highest BCUT2D eigenvalue weighted by Crippen LogP contribution is 2.48. The summed E-state index contributed by atoms with van der Waals surface area (Å²) in [5.41, 5.74) is 8.87. The fraction of sp³-hybridized carbons (Fsp3) is 0.552. The lowest BCUT2D eigenvalue weighted by Gasteiger charge is -2.28. The van der Waals surface area contributed by atoms with Gasteiger partial charge >= 0.3 is 0 Å². The van der Waals surface area contributed by atoms with E-state index in [1.807, 2.05) is 0 Å².